The number of nitrogens with zero attached hydrogens (tertiary/aromatic N) is 1. The quantitative estimate of drug-likeness (QED) is 0.872. The molecule has 0 radical (unpaired) electrons. The molecule has 0 bridgehead atoms. The van der Waals surface area contributed by atoms with Crippen LogP contribution in [-0.2, 0) is 4.74 Å². The van der Waals surface area contributed by atoms with Crippen LogP contribution >= 0.6 is 0 Å². The highest BCUT2D eigenvalue weighted by molar-refractivity contribution is 5.33. The molecule has 0 aromatic heterocycles. The third kappa shape index (κ3) is 4.80. The van der Waals surface area contributed by atoms with Crippen molar-refractivity contribution in [3.05, 3.63) is 34.9 Å². The summed E-state index contributed by atoms with van der Waals surface area (Å²) in [5, 5.41) is 3.47. The van der Waals surface area contributed by atoms with Crippen molar-refractivity contribution in [1.82, 2.24) is 10.2 Å². The first-order valence-electron chi connectivity index (χ1n) is 8.11. The minimum atomic E-state index is 0.389. The number of ether oxygens (including phenoxy) is 1. The molecule has 1 saturated heterocycles. The van der Waals surface area contributed by atoms with Crippen LogP contribution in [0.5, 0.6) is 0 Å². The molecule has 1 fully saturated rings. The van der Waals surface area contributed by atoms with Gasteiger partial charge in [0.05, 0.1) is 6.61 Å². The van der Waals surface area contributed by atoms with Gasteiger partial charge >= 0.3 is 0 Å². The predicted octanol–water partition coefficient (Wildman–Crippen LogP) is 2.92. The molecule has 1 heterocycles. The topological polar surface area (TPSA) is 24.5 Å². The highest BCUT2D eigenvalue weighted by Crippen LogP contribution is 2.21. The smallest absolute Gasteiger partial charge is 0.0506 e. The lowest BCUT2D eigenvalue weighted by Gasteiger charge is -2.30. The van der Waals surface area contributed by atoms with Crippen LogP contribution in [0.25, 0.3) is 0 Å². The van der Waals surface area contributed by atoms with E-state index in [9.17, 15) is 0 Å². The van der Waals surface area contributed by atoms with Gasteiger partial charge < -0.3 is 15.0 Å². The molecule has 0 amide bonds. The fourth-order valence-electron chi connectivity index (χ4n) is 3.34. The first-order valence-corrected chi connectivity index (χ1v) is 8.11. The van der Waals surface area contributed by atoms with E-state index in [0.717, 1.165) is 26.3 Å². The van der Waals surface area contributed by atoms with Crippen molar-refractivity contribution in [2.24, 2.45) is 5.92 Å². The molecule has 3 heteroatoms. The monoisotopic (exact) mass is 290 g/mol. The lowest BCUT2D eigenvalue weighted by atomic mass is 9.98. The van der Waals surface area contributed by atoms with Crippen LogP contribution in [0.4, 0.5) is 0 Å². The van der Waals surface area contributed by atoms with Gasteiger partial charge in [0.1, 0.15) is 0 Å². The van der Waals surface area contributed by atoms with Crippen LogP contribution in [0.1, 0.15) is 35.6 Å². The normalized spacial score (nSPS) is 20.7. The molecule has 3 nitrogen and oxygen atoms in total. The van der Waals surface area contributed by atoms with Gasteiger partial charge in [-0.15, -0.1) is 0 Å². The zero-order valence-corrected chi connectivity index (χ0v) is 14.0. The molecular formula is C18H30N2O. The number of benzene rings is 1. The molecular weight excluding hydrogens is 260 g/mol. The maximum absolute atomic E-state index is 5.59. The Morgan fingerprint density at radius 1 is 1.38 bits per heavy atom. The first-order chi connectivity index (χ1) is 10.1. The van der Waals surface area contributed by atoms with E-state index in [2.05, 4.69) is 56.4 Å². The maximum atomic E-state index is 5.59. The molecule has 1 N–H and O–H groups in total. The second-order valence-electron chi connectivity index (χ2n) is 6.51. The Morgan fingerprint density at radius 3 is 2.81 bits per heavy atom. The van der Waals surface area contributed by atoms with E-state index in [1.807, 2.05) is 0 Å². The van der Waals surface area contributed by atoms with Crippen molar-refractivity contribution in [3.63, 3.8) is 0 Å². The summed E-state index contributed by atoms with van der Waals surface area (Å²) in [5.41, 5.74) is 4.12. The van der Waals surface area contributed by atoms with Crippen molar-refractivity contribution < 1.29 is 4.74 Å². The van der Waals surface area contributed by atoms with Crippen LogP contribution < -0.4 is 5.32 Å². The van der Waals surface area contributed by atoms with Crippen molar-refractivity contribution >= 4 is 0 Å². The van der Waals surface area contributed by atoms with E-state index in [1.165, 1.54) is 29.5 Å². The number of rotatable bonds is 6. The molecule has 1 aromatic carbocycles. The molecule has 0 spiro atoms. The van der Waals surface area contributed by atoms with Crippen LogP contribution in [0.3, 0.4) is 0 Å². The zero-order chi connectivity index (χ0) is 15.2. The van der Waals surface area contributed by atoms with Crippen molar-refractivity contribution in [3.8, 4) is 0 Å². The van der Waals surface area contributed by atoms with E-state index in [0.29, 0.717) is 12.0 Å². The summed E-state index contributed by atoms with van der Waals surface area (Å²) in [6.45, 7) is 8.40. The summed E-state index contributed by atoms with van der Waals surface area (Å²) in [6.07, 6.45) is 2.52. The molecule has 2 rings (SSSR count). The predicted molar refractivity (Wildman–Crippen MR) is 88.8 cm³/mol. The van der Waals surface area contributed by atoms with E-state index < -0.39 is 0 Å². The lowest BCUT2D eigenvalue weighted by molar-refractivity contribution is 0.0410. The van der Waals surface area contributed by atoms with Crippen molar-refractivity contribution in [2.75, 3.05) is 40.4 Å². The van der Waals surface area contributed by atoms with E-state index >= 15 is 0 Å². The van der Waals surface area contributed by atoms with Gasteiger partial charge in [0.25, 0.3) is 0 Å². The average Bonchev–Trinajstić information content (AvgIpc) is 2.46. The molecule has 2 atom stereocenters. The van der Waals surface area contributed by atoms with E-state index in [4.69, 9.17) is 4.74 Å². The number of aryl methyl sites for hydroxylation is 2. The van der Waals surface area contributed by atoms with Crippen molar-refractivity contribution in [1.29, 1.82) is 0 Å². The lowest BCUT2D eigenvalue weighted by Crippen LogP contribution is -2.36. The zero-order valence-electron chi connectivity index (χ0n) is 14.0. The Kier molecular flexibility index (Phi) is 6.22. The maximum Gasteiger partial charge on any atom is 0.0506 e. The summed E-state index contributed by atoms with van der Waals surface area (Å²) in [4.78, 5) is 2.44. The van der Waals surface area contributed by atoms with Gasteiger partial charge in [-0.1, -0.05) is 23.8 Å². The van der Waals surface area contributed by atoms with Gasteiger partial charge in [-0.25, -0.2) is 0 Å². The molecule has 2 unspecified atom stereocenters. The van der Waals surface area contributed by atoms with Gasteiger partial charge in [0.15, 0.2) is 0 Å². The second-order valence-corrected chi connectivity index (χ2v) is 6.51. The van der Waals surface area contributed by atoms with Crippen LogP contribution in [0, 0.1) is 19.8 Å². The number of likely N-dealkylation sites (N-methyl/N-ethyl adjacent to an activating group) is 2. The summed E-state index contributed by atoms with van der Waals surface area (Å²) < 4.78 is 5.59. The largest absolute Gasteiger partial charge is 0.381 e. The van der Waals surface area contributed by atoms with Crippen LogP contribution in [0.15, 0.2) is 18.2 Å². The Balaban J connectivity index is 1.94. The Morgan fingerprint density at radius 2 is 2.19 bits per heavy atom. The molecule has 0 saturated carbocycles. The van der Waals surface area contributed by atoms with Crippen LogP contribution in [-0.4, -0.2) is 45.3 Å². The van der Waals surface area contributed by atoms with Gasteiger partial charge in [-0.05, 0) is 57.8 Å². The average molecular weight is 290 g/mol. The van der Waals surface area contributed by atoms with Gasteiger partial charge in [-0.2, -0.15) is 0 Å². The molecule has 1 aromatic rings. The molecule has 1 aliphatic rings. The Bertz CT molecular complexity index is 441. The molecule has 1 aliphatic heterocycles. The Labute approximate surface area is 129 Å². The highest BCUT2D eigenvalue weighted by Gasteiger charge is 2.19. The van der Waals surface area contributed by atoms with E-state index in [-0.39, 0.29) is 0 Å². The number of nitrogens with one attached hydrogen (secondary N) is 1. The number of hydrogen-bond donors (Lipinski definition) is 1. The minimum Gasteiger partial charge on any atom is -0.381 e. The summed E-state index contributed by atoms with van der Waals surface area (Å²) >= 11 is 0. The molecule has 21 heavy (non-hydrogen) atoms. The summed E-state index contributed by atoms with van der Waals surface area (Å²) in [7, 11) is 4.28. The standard InChI is InChI=1S/C18H30N2O/c1-14-7-8-17(15(2)10-14)18(19-3)12-20(4)11-16-6-5-9-21-13-16/h7-8,10,16,18-19H,5-6,9,11-13H2,1-4H3. The summed E-state index contributed by atoms with van der Waals surface area (Å²) in [6, 6.07) is 7.14. The van der Waals surface area contributed by atoms with Gasteiger partial charge in [-0.3, -0.25) is 0 Å². The number of hydrogen-bond acceptors (Lipinski definition) is 3. The molecule has 118 valence electrons. The third-order valence-electron chi connectivity index (χ3n) is 4.47. The van der Waals surface area contributed by atoms with Crippen LogP contribution in [0.2, 0.25) is 0 Å². The fraction of sp³-hybridized carbons (Fsp3) is 0.667. The fourth-order valence-corrected chi connectivity index (χ4v) is 3.34. The van der Waals surface area contributed by atoms with Crippen molar-refractivity contribution in [2.45, 2.75) is 32.7 Å². The minimum absolute atomic E-state index is 0.389. The Hall–Kier alpha value is -0.900. The van der Waals surface area contributed by atoms with E-state index in [1.54, 1.807) is 0 Å². The van der Waals surface area contributed by atoms with Gasteiger partial charge in [0, 0.05) is 25.7 Å². The first kappa shape index (κ1) is 16.5. The second kappa shape index (κ2) is 7.92. The third-order valence-corrected chi connectivity index (χ3v) is 4.47. The highest BCUT2D eigenvalue weighted by atomic mass is 16.5. The SMILES string of the molecule is CNC(CN(C)CC1CCCOC1)c1ccc(C)cc1C. The molecule has 0 aliphatic carbocycles. The van der Waals surface area contributed by atoms with Gasteiger partial charge in [0.2, 0.25) is 0 Å². The summed E-state index contributed by atoms with van der Waals surface area (Å²) in [5.74, 6) is 0.695.